The van der Waals surface area contributed by atoms with Crippen molar-refractivity contribution in [1.82, 2.24) is 10.2 Å². The van der Waals surface area contributed by atoms with Crippen molar-refractivity contribution >= 4 is 12.2 Å². The third-order valence-corrected chi connectivity index (χ3v) is 2.54. The predicted octanol–water partition coefficient (Wildman–Crippen LogP) is 3.37. The second-order valence-electron chi connectivity index (χ2n) is 3.39. The molecule has 0 bridgehead atoms. The highest BCUT2D eigenvalue weighted by atomic mass is 32.1. The molecule has 0 amide bonds. The first-order valence-electron chi connectivity index (χ1n) is 4.93. The van der Waals surface area contributed by atoms with Gasteiger partial charge in [0.25, 0.3) is 0 Å². The van der Waals surface area contributed by atoms with E-state index in [1.807, 2.05) is 6.07 Å². The van der Waals surface area contributed by atoms with Crippen LogP contribution in [0.1, 0.15) is 12.5 Å². The standard InChI is InChI=1S/C12H12N2S/c1-2-9-4-3-5-10(6-9)11-7-12(15)14-13-8-11/h3-8H,2H2,1H3,(H,14,15). The third kappa shape index (κ3) is 2.30. The zero-order chi connectivity index (χ0) is 10.7. The molecule has 0 spiro atoms. The van der Waals surface area contributed by atoms with Gasteiger partial charge in [0.15, 0.2) is 0 Å². The summed E-state index contributed by atoms with van der Waals surface area (Å²) in [6.45, 7) is 2.15. The maximum Gasteiger partial charge on any atom is 0.120 e. The van der Waals surface area contributed by atoms with Gasteiger partial charge in [-0.2, -0.15) is 5.10 Å². The number of H-pyrrole nitrogens is 1. The highest BCUT2D eigenvalue weighted by Crippen LogP contribution is 2.19. The van der Waals surface area contributed by atoms with E-state index >= 15 is 0 Å². The average molecular weight is 216 g/mol. The minimum absolute atomic E-state index is 0.661. The molecule has 15 heavy (non-hydrogen) atoms. The molecule has 1 N–H and O–H groups in total. The van der Waals surface area contributed by atoms with E-state index in [1.54, 1.807) is 6.20 Å². The van der Waals surface area contributed by atoms with Crippen LogP contribution in [0.3, 0.4) is 0 Å². The summed E-state index contributed by atoms with van der Waals surface area (Å²) in [5.41, 5.74) is 3.56. The van der Waals surface area contributed by atoms with Crippen LogP contribution in [0.5, 0.6) is 0 Å². The van der Waals surface area contributed by atoms with Crippen molar-refractivity contribution in [2.75, 3.05) is 0 Å². The highest BCUT2D eigenvalue weighted by molar-refractivity contribution is 7.71. The maximum atomic E-state index is 5.04. The van der Waals surface area contributed by atoms with Gasteiger partial charge in [-0.25, -0.2) is 0 Å². The number of hydrogen-bond donors (Lipinski definition) is 1. The van der Waals surface area contributed by atoms with E-state index in [1.165, 1.54) is 11.1 Å². The normalized spacial score (nSPS) is 10.2. The molecular formula is C12H12N2S. The van der Waals surface area contributed by atoms with Gasteiger partial charge in [-0.05, 0) is 23.6 Å². The van der Waals surface area contributed by atoms with Crippen molar-refractivity contribution in [2.24, 2.45) is 0 Å². The van der Waals surface area contributed by atoms with Gasteiger partial charge in [0.1, 0.15) is 4.64 Å². The highest BCUT2D eigenvalue weighted by Gasteiger charge is 1.98. The van der Waals surface area contributed by atoms with Gasteiger partial charge >= 0.3 is 0 Å². The molecule has 3 heteroatoms. The van der Waals surface area contributed by atoms with Crippen LogP contribution in [0.15, 0.2) is 36.5 Å². The summed E-state index contributed by atoms with van der Waals surface area (Å²) in [6.07, 6.45) is 2.84. The molecule has 0 radical (unpaired) electrons. The van der Waals surface area contributed by atoms with E-state index in [9.17, 15) is 0 Å². The zero-order valence-electron chi connectivity index (χ0n) is 8.53. The lowest BCUT2D eigenvalue weighted by Crippen LogP contribution is -1.86. The van der Waals surface area contributed by atoms with Gasteiger partial charge in [0.2, 0.25) is 0 Å². The van der Waals surface area contributed by atoms with Gasteiger partial charge < -0.3 is 0 Å². The number of aryl methyl sites for hydroxylation is 1. The Kier molecular flexibility index (Phi) is 2.92. The number of nitrogens with one attached hydrogen (secondary N) is 1. The average Bonchev–Trinajstić information content (AvgIpc) is 2.29. The molecule has 2 nitrogen and oxygen atoms in total. The molecule has 0 saturated carbocycles. The molecule has 1 aromatic carbocycles. The molecule has 0 aliphatic heterocycles. The van der Waals surface area contributed by atoms with Crippen molar-refractivity contribution in [3.8, 4) is 11.1 Å². The summed E-state index contributed by atoms with van der Waals surface area (Å²) in [4.78, 5) is 0. The van der Waals surface area contributed by atoms with Crippen LogP contribution in [0, 0.1) is 4.64 Å². The van der Waals surface area contributed by atoms with Crippen LogP contribution in [0.25, 0.3) is 11.1 Å². The summed E-state index contributed by atoms with van der Waals surface area (Å²) >= 11 is 5.04. The Morgan fingerprint density at radius 3 is 2.87 bits per heavy atom. The Bertz CT molecular complexity index is 517. The van der Waals surface area contributed by atoms with Crippen LogP contribution in [0.2, 0.25) is 0 Å². The Labute approximate surface area is 94.0 Å². The summed E-state index contributed by atoms with van der Waals surface area (Å²) in [6, 6.07) is 10.4. The lowest BCUT2D eigenvalue weighted by Gasteiger charge is -2.02. The second-order valence-corrected chi connectivity index (χ2v) is 3.83. The van der Waals surface area contributed by atoms with Crippen LogP contribution in [0.4, 0.5) is 0 Å². The number of nitrogens with zero attached hydrogens (tertiary/aromatic N) is 1. The second kappa shape index (κ2) is 4.36. The first-order valence-corrected chi connectivity index (χ1v) is 5.34. The Morgan fingerprint density at radius 1 is 1.27 bits per heavy atom. The summed E-state index contributed by atoms with van der Waals surface area (Å²) in [5, 5.41) is 6.72. The molecular weight excluding hydrogens is 204 g/mol. The Hall–Kier alpha value is -1.48. The molecule has 0 aliphatic rings. The lowest BCUT2D eigenvalue weighted by molar-refractivity contribution is 1.02. The first kappa shape index (κ1) is 10.1. The zero-order valence-corrected chi connectivity index (χ0v) is 9.34. The third-order valence-electron chi connectivity index (χ3n) is 2.33. The van der Waals surface area contributed by atoms with Gasteiger partial charge in [-0.3, -0.25) is 5.10 Å². The molecule has 0 atom stereocenters. The van der Waals surface area contributed by atoms with Crippen molar-refractivity contribution < 1.29 is 0 Å². The lowest BCUT2D eigenvalue weighted by atomic mass is 10.0. The predicted molar refractivity (Wildman–Crippen MR) is 64.2 cm³/mol. The monoisotopic (exact) mass is 216 g/mol. The van der Waals surface area contributed by atoms with Gasteiger partial charge in [0, 0.05) is 5.56 Å². The van der Waals surface area contributed by atoms with Gasteiger partial charge in [-0.15, -0.1) is 0 Å². The molecule has 1 heterocycles. The van der Waals surface area contributed by atoms with Crippen LogP contribution < -0.4 is 0 Å². The summed E-state index contributed by atoms with van der Waals surface area (Å²) in [5.74, 6) is 0. The van der Waals surface area contributed by atoms with Crippen molar-refractivity contribution in [3.63, 3.8) is 0 Å². The van der Waals surface area contributed by atoms with Gasteiger partial charge in [0.05, 0.1) is 6.20 Å². The number of benzene rings is 1. The Morgan fingerprint density at radius 2 is 2.13 bits per heavy atom. The first-order chi connectivity index (χ1) is 7.29. The quantitative estimate of drug-likeness (QED) is 0.780. The van der Waals surface area contributed by atoms with Crippen molar-refractivity contribution in [3.05, 3.63) is 46.7 Å². The SMILES string of the molecule is CCc1cccc(-c2cn[nH]c(=S)c2)c1. The number of hydrogen-bond acceptors (Lipinski definition) is 2. The molecule has 2 aromatic rings. The van der Waals surface area contributed by atoms with E-state index in [0.717, 1.165) is 12.0 Å². The molecule has 1 aromatic heterocycles. The molecule has 0 fully saturated rings. The van der Waals surface area contributed by atoms with Crippen molar-refractivity contribution in [1.29, 1.82) is 0 Å². The fraction of sp³-hybridized carbons (Fsp3) is 0.167. The summed E-state index contributed by atoms with van der Waals surface area (Å²) < 4.78 is 0.661. The van der Waals surface area contributed by atoms with E-state index < -0.39 is 0 Å². The maximum absolute atomic E-state index is 5.04. The molecule has 0 aliphatic carbocycles. The smallest absolute Gasteiger partial charge is 0.120 e. The van der Waals surface area contributed by atoms with E-state index in [-0.39, 0.29) is 0 Å². The molecule has 76 valence electrons. The fourth-order valence-electron chi connectivity index (χ4n) is 1.50. The Balaban J connectivity index is 2.49. The van der Waals surface area contributed by atoms with Crippen LogP contribution in [-0.4, -0.2) is 10.2 Å². The van der Waals surface area contributed by atoms with Gasteiger partial charge in [-0.1, -0.05) is 43.4 Å². The molecule has 0 saturated heterocycles. The van der Waals surface area contributed by atoms with Crippen LogP contribution in [-0.2, 0) is 6.42 Å². The number of aromatic nitrogens is 2. The largest absolute Gasteiger partial charge is 0.268 e. The van der Waals surface area contributed by atoms with E-state index in [2.05, 4.69) is 41.4 Å². The summed E-state index contributed by atoms with van der Waals surface area (Å²) in [7, 11) is 0. The molecule has 0 unspecified atom stereocenters. The van der Waals surface area contributed by atoms with E-state index in [0.29, 0.717) is 4.64 Å². The number of rotatable bonds is 2. The number of aromatic amines is 1. The fourth-order valence-corrected chi connectivity index (χ4v) is 1.68. The van der Waals surface area contributed by atoms with Crippen molar-refractivity contribution in [2.45, 2.75) is 13.3 Å². The minimum atomic E-state index is 0.661. The topological polar surface area (TPSA) is 28.7 Å². The minimum Gasteiger partial charge on any atom is -0.268 e. The van der Waals surface area contributed by atoms with E-state index in [4.69, 9.17) is 12.2 Å². The molecule has 2 rings (SSSR count). The van der Waals surface area contributed by atoms with Crippen LogP contribution >= 0.6 is 12.2 Å².